The number of halogens is 1. The zero-order valence-corrected chi connectivity index (χ0v) is 14.7. The summed E-state index contributed by atoms with van der Waals surface area (Å²) >= 11 is 5.14. The van der Waals surface area contributed by atoms with Crippen LogP contribution in [0.25, 0.3) is 0 Å². The highest BCUT2D eigenvalue weighted by Crippen LogP contribution is 2.40. The maximum Gasteiger partial charge on any atom is 0.249 e. The molecule has 0 bridgehead atoms. The van der Waals surface area contributed by atoms with Crippen LogP contribution < -0.4 is 5.73 Å². The lowest BCUT2D eigenvalue weighted by Crippen LogP contribution is -2.35. The highest BCUT2D eigenvalue weighted by molar-refractivity contribution is 9.10. The van der Waals surface area contributed by atoms with Crippen molar-refractivity contribution in [3.8, 4) is 0 Å². The summed E-state index contributed by atoms with van der Waals surface area (Å²) in [6.07, 6.45) is 4.24. The first-order valence-electron chi connectivity index (χ1n) is 7.58. The van der Waals surface area contributed by atoms with Gasteiger partial charge in [0.1, 0.15) is 0 Å². The second-order valence-corrected chi connectivity index (χ2v) is 7.82. The molecule has 0 unspecified atom stereocenters. The third kappa shape index (κ3) is 3.67. The summed E-state index contributed by atoms with van der Waals surface area (Å²) in [6, 6.07) is 5.78. The third-order valence-electron chi connectivity index (χ3n) is 4.37. The molecule has 1 aromatic rings. The molecule has 1 saturated heterocycles. The van der Waals surface area contributed by atoms with Crippen molar-refractivity contribution in [1.82, 2.24) is 0 Å². The van der Waals surface area contributed by atoms with E-state index >= 15 is 0 Å². The maximum absolute atomic E-state index is 11.4. The Kier molecular flexibility index (Phi) is 5.12. The fourth-order valence-corrected chi connectivity index (χ4v) is 4.64. The quantitative estimate of drug-likeness (QED) is 0.804. The van der Waals surface area contributed by atoms with Gasteiger partial charge in [-0.15, -0.1) is 11.8 Å². The lowest BCUT2D eigenvalue weighted by molar-refractivity contribution is -0.181. The van der Waals surface area contributed by atoms with Gasteiger partial charge in [-0.1, -0.05) is 0 Å². The van der Waals surface area contributed by atoms with Crippen molar-refractivity contribution in [3.05, 3.63) is 28.2 Å². The topological polar surface area (TPSA) is 61.6 Å². The number of hydrogen-bond donors (Lipinski definition) is 1. The average Bonchev–Trinajstić information content (AvgIpc) is 2.96. The third-order valence-corrected chi connectivity index (χ3v) is 6.29. The van der Waals surface area contributed by atoms with E-state index < -0.39 is 5.91 Å². The number of benzene rings is 1. The van der Waals surface area contributed by atoms with E-state index in [-0.39, 0.29) is 5.79 Å². The van der Waals surface area contributed by atoms with Crippen LogP contribution in [0.3, 0.4) is 0 Å². The van der Waals surface area contributed by atoms with Crippen LogP contribution in [0.4, 0.5) is 0 Å². The highest BCUT2D eigenvalue weighted by atomic mass is 79.9. The Labute approximate surface area is 143 Å². The summed E-state index contributed by atoms with van der Waals surface area (Å²) in [5.41, 5.74) is 5.92. The molecule has 1 saturated carbocycles. The standard InChI is InChI=1S/C16H20BrNO3S/c17-14-2-1-12(9-13(14)15(18)19)22-10-11-3-5-16(6-4-11)20-7-8-21-16/h1-2,9,11H,3-8,10H2,(H2,18,19). The minimum absolute atomic E-state index is 0.280. The van der Waals surface area contributed by atoms with Crippen LogP contribution in [-0.4, -0.2) is 30.7 Å². The van der Waals surface area contributed by atoms with Gasteiger partial charge in [0.05, 0.1) is 18.8 Å². The number of carbonyl (C=O) groups is 1. The molecule has 3 rings (SSSR count). The van der Waals surface area contributed by atoms with E-state index in [4.69, 9.17) is 15.2 Å². The number of rotatable bonds is 4. The van der Waals surface area contributed by atoms with E-state index in [1.165, 1.54) is 0 Å². The van der Waals surface area contributed by atoms with Gasteiger partial charge < -0.3 is 15.2 Å². The van der Waals surface area contributed by atoms with E-state index in [0.29, 0.717) is 11.5 Å². The molecule has 1 heterocycles. The molecular formula is C16H20BrNO3S. The van der Waals surface area contributed by atoms with Crippen LogP contribution in [0, 0.1) is 5.92 Å². The fourth-order valence-electron chi connectivity index (χ4n) is 3.07. The molecule has 2 N–H and O–H groups in total. The van der Waals surface area contributed by atoms with E-state index in [1.54, 1.807) is 11.8 Å². The second-order valence-electron chi connectivity index (χ2n) is 5.87. The number of ether oxygens (including phenoxy) is 2. The first kappa shape index (κ1) is 16.3. The summed E-state index contributed by atoms with van der Waals surface area (Å²) in [5.74, 6) is 1.04. The zero-order chi connectivity index (χ0) is 15.6. The molecule has 2 fully saturated rings. The summed E-state index contributed by atoms with van der Waals surface area (Å²) in [7, 11) is 0. The number of carbonyl (C=O) groups excluding carboxylic acids is 1. The SMILES string of the molecule is NC(=O)c1cc(SCC2CCC3(CC2)OCCO3)ccc1Br. The maximum atomic E-state index is 11.4. The molecule has 0 atom stereocenters. The van der Waals surface area contributed by atoms with Gasteiger partial charge in [-0.2, -0.15) is 0 Å². The van der Waals surface area contributed by atoms with Crippen molar-refractivity contribution in [1.29, 1.82) is 0 Å². The molecule has 120 valence electrons. The van der Waals surface area contributed by atoms with Gasteiger partial charge >= 0.3 is 0 Å². The zero-order valence-electron chi connectivity index (χ0n) is 12.3. The van der Waals surface area contributed by atoms with Crippen LogP contribution in [0.2, 0.25) is 0 Å². The molecular weight excluding hydrogens is 366 g/mol. The van der Waals surface area contributed by atoms with Crippen LogP contribution in [0.5, 0.6) is 0 Å². The van der Waals surface area contributed by atoms with Gasteiger partial charge in [-0.05, 0) is 52.9 Å². The predicted octanol–water partition coefficient (Wildman–Crippen LogP) is 3.57. The van der Waals surface area contributed by atoms with Crippen LogP contribution >= 0.6 is 27.7 Å². The molecule has 0 aromatic heterocycles. The van der Waals surface area contributed by atoms with Gasteiger partial charge in [0, 0.05) is 28.0 Å². The molecule has 1 aromatic carbocycles. The van der Waals surface area contributed by atoms with Crippen molar-refractivity contribution in [3.63, 3.8) is 0 Å². The Morgan fingerprint density at radius 3 is 2.64 bits per heavy atom. The Bertz CT molecular complexity index is 550. The molecule has 4 nitrogen and oxygen atoms in total. The van der Waals surface area contributed by atoms with E-state index in [9.17, 15) is 4.79 Å². The van der Waals surface area contributed by atoms with Crippen LogP contribution in [0.15, 0.2) is 27.6 Å². The largest absolute Gasteiger partial charge is 0.366 e. The van der Waals surface area contributed by atoms with E-state index in [0.717, 1.165) is 54.0 Å². The number of amides is 1. The monoisotopic (exact) mass is 385 g/mol. The Morgan fingerprint density at radius 2 is 2.00 bits per heavy atom. The van der Waals surface area contributed by atoms with Gasteiger partial charge in [-0.25, -0.2) is 0 Å². The van der Waals surface area contributed by atoms with Crippen molar-refractivity contribution < 1.29 is 14.3 Å². The molecule has 1 spiro atoms. The first-order valence-corrected chi connectivity index (χ1v) is 9.36. The lowest BCUT2D eigenvalue weighted by Gasteiger charge is -2.35. The molecule has 1 aliphatic heterocycles. The lowest BCUT2D eigenvalue weighted by atomic mass is 9.86. The normalized spacial score (nSPS) is 21.3. The number of hydrogen-bond acceptors (Lipinski definition) is 4. The number of thioether (sulfide) groups is 1. The first-order chi connectivity index (χ1) is 10.6. The molecule has 6 heteroatoms. The Balaban J connectivity index is 1.53. The molecule has 22 heavy (non-hydrogen) atoms. The van der Waals surface area contributed by atoms with Crippen LogP contribution in [0.1, 0.15) is 36.0 Å². The van der Waals surface area contributed by atoms with Crippen molar-refractivity contribution in [2.45, 2.75) is 36.4 Å². The number of primary amides is 1. The van der Waals surface area contributed by atoms with Gasteiger partial charge in [-0.3, -0.25) is 4.79 Å². The Hall–Kier alpha value is -0.560. The smallest absolute Gasteiger partial charge is 0.249 e. The Morgan fingerprint density at radius 1 is 1.32 bits per heavy atom. The predicted molar refractivity (Wildman–Crippen MR) is 90.0 cm³/mol. The van der Waals surface area contributed by atoms with E-state index in [2.05, 4.69) is 15.9 Å². The minimum atomic E-state index is -0.399. The van der Waals surface area contributed by atoms with Crippen molar-refractivity contribution >= 4 is 33.6 Å². The highest BCUT2D eigenvalue weighted by Gasteiger charge is 2.40. The van der Waals surface area contributed by atoms with Crippen molar-refractivity contribution in [2.24, 2.45) is 11.7 Å². The second kappa shape index (κ2) is 6.91. The minimum Gasteiger partial charge on any atom is -0.366 e. The van der Waals surface area contributed by atoms with Crippen molar-refractivity contribution in [2.75, 3.05) is 19.0 Å². The van der Waals surface area contributed by atoms with Crippen LogP contribution in [-0.2, 0) is 9.47 Å². The summed E-state index contributed by atoms with van der Waals surface area (Å²) in [4.78, 5) is 12.5. The number of nitrogens with two attached hydrogens (primary N) is 1. The fraction of sp³-hybridized carbons (Fsp3) is 0.562. The molecule has 1 aliphatic carbocycles. The molecule has 2 aliphatic rings. The van der Waals surface area contributed by atoms with E-state index in [1.807, 2.05) is 18.2 Å². The molecule has 1 amide bonds. The summed E-state index contributed by atoms with van der Waals surface area (Å²) in [6.45, 7) is 1.46. The average molecular weight is 386 g/mol. The van der Waals surface area contributed by atoms with Gasteiger partial charge in [0.15, 0.2) is 5.79 Å². The summed E-state index contributed by atoms with van der Waals surface area (Å²) in [5, 5.41) is 0. The van der Waals surface area contributed by atoms with Gasteiger partial charge in [0.25, 0.3) is 0 Å². The summed E-state index contributed by atoms with van der Waals surface area (Å²) < 4.78 is 12.3. The molecule has 0 radical (unpaired) electrons. The van der Waals surface area contributed by atoms with Gasteiger partial charge in [0.2, 0.25) is 5.91 Å².